The first-order valence-electron chi connectivity index (χ1n) is 8.38. The van der Waals surface area contributed by atoms with Gasteiger partial charge in [0.15, 0.2) is 0 Å². The first kappa shape index (κ1) is 19.6. The number of hydrogen-bond donors (Lipinski definition) is 1. The molecular formula is C18H28BNO5. The van der Waals surface area contributed by atoms with Crippen molar-refractivity contribution < 1.29 is 23.6 Å². The van der Waals surface area contributed by atoms with E-state index in [2.05, 4.69) is 5.32 Å². The third-order valence-electron chi connectivity index (χ3n) is 4.39. The average molecular weight is 349 g/mol. The SMILES string of the molecule is COc1cc(NC(=O)OC(C)(C)C)ccc1B1OC(C)(C)C(C)(C)O1. The highest BCUT2D eigenvalue weighted by Gasteiger charge is 2.52. The normalized spacial score (nSPS) is 18.8. The molecule has 1 N–H and O–H groups in total. The van der Waals surface area contributed by atoms with Crippen LogP contribution in [0.1, 0.15) is 48.5 Å². The van der Waals surface area contributed by atoms with E-state index in [9.17, 15) is 4.79 Å². The lowest BCUT2D eigenvalue weighted by atomic mass is 9.78. The zero-order chi connectivity index (χ0) is 19.0. The summed E-state index contributed by atoms with van der Waals surface area (Å²) in [6.07, 6.45) is -0.516. The second kappa shape index (κ2) is 6.54. The van der Waals surface area contributed by atoms with Crippen LogP contribution in [0.3, 0.4) is 0 Å². The molecular weight excluding hydrogens is 321 g/mol. The van der Waals surface area contributed by atoms with E-state index in [0.717, 1.165) is 5.46 Å². The molecule has 7 heteroatoms. The van der Waals surface area contributed by atoms with Crippen LogP contribution in [0.4, 0.5) is 10.5 Å². The Kier molecular flexibility index (Phi) is 5.12. The van der Waals surface area contributed by atoms with Gasteiger partial charge in [-0.3, -0.25) is 5.32 Å². The first-order chi connectivity index (χ1) is 11.3. The number of amides is 1. The van der Waals surface area contributed by atoms with E-state index in [1.807, 2.05) is 54.5 Å². The summed E-state index contributed by atoms with van der Waals surface area (Å²) in [5, 5.41) is 2.70. The summed E-state index contributed by atoms with van der Waals surface area (Å²) in [6.45, 7) is 13.4. The minimum atomic E-state index is -0.559. The Balaban J connectivity index is 2.19. The van der Waals surface area contributed by atoms with E-state index in [-0.39, 0.29) is 0 Å². The maximum Gasteiger partial charge on any atom is 0.498 e. The fraction of sp³-hybridized carbons (Fsp3) is 0.611. The number of rotatable bonds is 3. The fourth-order valence-corrected chi connectivity index (χ4v) is 2.38. The zero-order valence-corrected chi connectivity index (χ0v) is 16.4. The molecule has 25 heavy (non-hydrogen) atoms. The van der Waals surface area contributed by atoms with Crippen molar-refractivity contribution in [3.05, 3.63) is 18.2 Å². The van der Waals surface area contributed by atoms with Crippen molar-refractivity contribution in [3.8, 4) is 5.75 Å². The van der Waals surface area contributed by atoms with Crippen molar-refractivity contribution in [2.75, 3.05) is 12.4 Å². The zero-order valence-electron chi connectivity index (χ0n) is 16.4. The molecule has 1 aliphatic heterocycles. The maximum atomic E-state index is 11.9. The average Bonchev–Trinajstić information content (AvgIpc) is 2.64. The molecule has 0 bridgehead atoms. The third-order valence-corrected chi connectivity index (χ3v) is 4.39. The van der Waals surface area contributed by atoms with Gasteiger partial charge in [0.1, 0.15) is 11.4 Å². The van der Waals surface area contributed by atoms with Crippen LogP contribution in [-0.2, 0) is 14.0 Å². The highest BCUT2D eigenvalue weighted by atomic mass is 16.7. The number of methoxy groups -OCH3 is 1. The summed E-state index contributed by atoms with van der Waals surface area (Å²) in [4.78, 5) is 11.9. The molecule has 0 atom stereocenters. The van der Waals surface area contributed by atoms with Gasteiger partial charge in [0, 0.05) is 17.2 Å². The monoisotopic (exact) mass is 349 g/mol. The van der Waals surface area contributed by atoms with Gasteiger partial charge >= 0.3 is 13.2 Å². The Morgan fingerprint density at radius 2 is 1.68 bits per heavy atom. The summed E-state index contributed by atoms with van der Waals surface area (Å²) in [5.74, 6) is 0.576. The lowest BCUT2D eigenvalue weighted by molar-refractivity contribution is 0.00578. The first-order valence-corrected chi connectivity index (χ1v) is 8.38. The van der Waals surface area contributed by atoms with Gasteiger partial charge in [-0.1, -0.05) is 6.07 Å². The van der Waals surface area contributed by atoms with E-state index < -0.39 is 30.0 Å². The van der Waals surface area contributed by atoms with Gasteiger partial charge in [-0.25, -0.2) is 4.79 Å². The van der Waals surface area contributed by atoms with Gasteiger partial charge in [0.25, 0.3) is 0 Å². The van der Waals surface area contributed by atoms with Crippen molar-refractivity contribution >= 4 is 24.4 Å². The molecule has 1 aliphatic rings. The minimum Gasteiger partial charge on any atom is -0.497 e. The van der Waals surface area contributed by atoms with Crippen LogP contribution in [0.15, 0.2) is 18.2 Å². The number of hydrogen-bond acceptors (Lipinski definition) is 5. The largest absolute Gasteiger partial charge is 0.498 e. The van der Waals surface area contributed by atoms with Crippen molar-refractivity contribution in [1.82, 2.24) is 0 Å². The summed E-state index contributed by atoms with van der Waals surface area (Å²) in [6, 6.07) is 5.32. The Morgan fingerprint density at radius 3 is 2.16 bits per heavy atom. The standard InChI is InChI=1S/C18H28BNO5/c1-16(2,3)23-15(21)20-12-9-10-13(14(11-12)22-8)19-24-17(4,5)18(6,7)25-19/h9-11H,1-8H3,(H,20,21). The molecule has 1 aromatic rings. The smallest absolute Gasteiger partial charge is 0.497 e. The van der Waals surface area contributed by atoms with Gasteiger partial charge in [0.2, 0.25) is 0 Å². The third kappa shape index (κ3) is 4.47. The number of benzene rings is 1. The molecule has 2 rings (SSSR count). The predicted molar refractivity (Wildman–Crippen MR) is 98.6 cm³/mol. The van der Waals surface area contributed by atoms with Crippen LogP contribution in [0, 0.1) is 0 Å². The van der Waals surface area contributed by atoms with Crippen molar-refractivity contribution in [2.24, 2.45) is 0 Å². The molecule has 1 amide bonds. The van der Waals surface area contributed by atoms with E-state index in [4.69, 9.17) is 18.8 Å². The molecule has 1 fully saturated rings. The van der Waals surface area contributed by atoms with Crippen molar-refractivity contribution in [1.29, 1.82) is 0 Å². The number of carbonyl (C=O) groups excluding carboxylic acids is 1. The van der Waals surface area contributed by atoms with E-state index in [0.29, 0.717) is 11.4 Å². The molecule has 0 unspecified atom stereocenters. The minimum absolute atomic E-state index is 0.434. The molecule has 0 aromatic heterocycles. The molecule has 0 saturated carbocycles. The molecule has 1 heterocycles. The van der Waals surface area contributed by atoms with Gasteiger partial charge < -0.3 is 18.8 Å². The fourth-order valence-electron chi connectivity index (χ4n) is 2.38. The highest BCUT2D eigenvalue weighted by Crippen LogP contribution is 2.37. The lowest BCUT2D eigenvalue weighted by Crippen LogP contribution is -2.41. The second-order valence-corrected chi connectivity index (χ2v) is 8.17. The van der Waals surface area contributed by atoms with E-state index in [1.54, 1.807) is 19.2 Å². The van der Waals surface area contributed by atoms with Gasteiger partial charge in [0.05, 0.1) is 18.3 Å². The quantitative estimate of drug-likeness (QED) is 0.848. The van der Waals surface area contributed by atoms with Crippen LogP contribution in [0.25, 0.3) is 0 Å². The summed E-state index contributed by atoms with van der Waals surface area (Å²) < 4.78 is 22.9. The summed E-state index contributed by atoms with van der Waals surface area (Å²) in [7, 11) is 1.04. The Labute approximate surface area is 150 Å². The Bertz CT molecular complexity index is 635. The molecule has 0 spiro atoms. The molecule has 138 valence electrons. The Morgan fingerprint density at radius 1 is 1.12 bits per heavy atom. The number of ether oxygens (including phenoxy) is 2. The second-order valence-electron chi connectivity index (χ2n) is 8.17. The Hall–Kier alpha value is -1.73. The molecule has 0 aliphatic carbocycles. The van der Waals surface area contributed by atoms with Gasteiger partial charge in [-0.05, 0) is 54.5 Å². The van der Waals surface area contributed by atoms with Crippen molar-refractivity contribution in [2.45, 2.75) is 65.3 Å². The number of carbonyl (C=O) groups is 1. The van der Waals surface area contributed by atoms with Crippen LogP contribution < -0.4 is 15.5 Å². The lowest BCUT2D eigenvalue weighted by Gasteiger charge is -2.32. The van der Waals surface area contributed by atoms with Crippen LogP contribution in [0.5, 0.6) is 5.75 Å². The molecule has 6 nitrogen and oxygen atoms in total. The van der Waals surface area contributed by atoms with Gasteiger partial charge in [-0.2, -0.15) is 0 Å². The van der Waals surface area contributed by atoms with Crippen LogP contribution >= 0.6 is 0 Å². The maximum absolute atomic E-state index is 11.9. The molecule has 1 saturated heterocycles. The highest BCUT2D eigenvalue weighted by molar-refractivity contribution is 6.63. The van der Waals surface area contributed by atoms with Crippen LogP contribution in [0.2, 0.25) is 0 Å². The summed E-state index contributed by atoms with van der Waals surface area (Å²) >= 11 is 0. The van der Waals surface area contributed by atoms with Crippen molar-refractivity contribution in [3.63, 3.8) is 0 Å². The number of anilines is 1. The van der Waals surface area contributed by atoms with Gasteiger partial charge in [-0.15, -0.1) is 0 Å². The topological polar surface area (TPSA) is 66.0 Å². The van der Waals surface area contributed by atoms with E-state index in [1.165, 1.54) is 0 Å². The van der Waals surface area contributed by atoms with E-state index >= 15 is 0 Å². The predicted octanol–water partition coefficient (Wildman–Crippen LogP) is 3.34. The molecule has 0 radical (unpaired) electrons. The number of nitrogens with one attached hydrogen (secondary N) is 1. The molecule has 1 aromatic carbocycles. The van der Waals surface area contributed by atoms with Crippen LogP contribution in [-0.4, -0.2) is 37.1 Å². The summed E-state index contributed by atoms with van der Waals surface area (Å²) in [5.41, 5.74) is -0.0782.